The molecule has 9 heteroatoms. The molecule has 4 aromatic rings. The molecule has 1 aliphatic heterocycles. The summed E-state index contributed by atoms with van der Waals surface area (Å²) in [7, 11) is 1.70. The summed E-state index contributed by atoms with van der Waals surface area (Å²) < 4.78 is 8.88. The van der Waals surface area contributed by atoms with E-state index in [1.165, 1.54) is 6.33 Å². The van der Waals surface area contributed by atoms with E-state index in [4.69, 9.17) is 10.5 Å². The third-order valence-corrected chi connectivity index (χ3v) is 8.20. The predicted octanol–water partition coefficient (Wildman–Crippen LogP) is 4.49. The second-order valence-electron chi connectivity index (χ2n) is 9.33. The van der Waals surface area contributed by atoms with E-state index < -0.39 is 0 Å². The van der Waals surface area contributed by atoms with Crippen LogP contribution >= 0.6 is 11.3 Å². The van der Waals surface area contributed by atoms with Crippen molar-refractivity contribution >= 4 is 44.2 Å². The number of nitrogen functional groups attached to an aromatic ring is 1. The van der Waals surface area contributed by atoms with Crippen molar-refractivity contribution in [3.8, 4) is 16.2 Å². The molecule has 5 rings (SSSR count). The van der Waals surface area contributed by atoms with Crippen molar-refractivity contribution in [3.05, 3.63) is 48.4 Å². The monoisotopic (exact) mass is 504 g/mol. The molecule has 3 aromatic heterocycles. The Morgan fingerprint density at radius 2 is 2.00 bits per heavy atom. The number of hydrogen-bond acceptors (Lipinski definition) is 7. The molecule has 1 aliphatic rings. The maximum absolute atomic E-state index is 12.9. The SMILES string of the molecule is C=C(CN(CC)CC)C(=O)N1CC(n2cc(-c3cc4cc(C)cc(OC)c4s3)c3c(N)ncnc32)C1. The highest BCUT2D eigenvalue weighted by Crippen LogP contribution is 2.43. The number of rotatable bonds is 8. The van der Waals surface area contributed by atoms with Crippen molar-refractivity contribution < 1.29 is 9.53 Å². The molecule has 1 aromatic carbocycles. The number of likely N-dealkylation sites (tertiary alicyclic amines) is 1. The molecular formula is C27H32N6O2S. The Morgan fingerprint density at radius 3 is 2.69 bits per heavy atom. The molecule has 8 nitrogen and oxygen atoms in total. The Hall–Kier alpha value is -3.43. The van der Waals surface area contributed by atoms with Gasteiger partial charge in [-0.05, 0) is 43.1 Å². The van der Waals surface area contributed by atoms with Crippen LogP contribution in [0.15, 0.2) is 42.9 Å². The number of anilines is 1. The van der Waals surface area contributed by atoms with Gasteiger partial charge in [0.1, 0.15) is 23.5 Å². The molecule has 2 N–H and O–H groups in total. The van der Waals surface area contributed by atoms with E-state index in [-0.39, 0.29) is 11.9 Å². The van der Waals surface area contributed by atoms with Crippen molar-refractivity contribution in [1.29, 1.82) is 0 Å². The minimum absolute atomic E-state index is 0.0240. The van der Waals surface area contributed by atoms with E-state index in [1.807, 2.05) is 4.90 Å². The van der Waals surface area contributed by atoms with Crippen molar-refractivity contribution in [1.82, 2.24) is 24.3 Å². The van der Waals surface area contributed by atoms with Gasteiger partial charge in [-0.25, -0.2) is 9.97 Å². The van der Waals surface area contributed by atoms with Gasteiger partial charge in [-0.3, -0.25) is 9.69 Å². The van der Waals surface area contributed by atoms with Crippen molar-refractivity contribution in [2.45, 2.75) is 26.8 Å². The number of amides is 1. The van der Waals surface area contributed by atoms with Crippen LogP contribution in [0.25, 0.3) is 31.6 Å². The molecule has 1 saturated heterocycles. The summed E-state index contributed by atoms with van der Waals surface area (Å²) in [5.74, 6) is 1.34. The number of ether oxygens (including phenoxy) is 1. The standard InChI is InChI=1S/C27H32N6O2S/c1-6-31(7-2)11-17(4)27(34)32-12-19(13-32)33-14-20(23-25(28)29-15-30-26(23)33)22-10-18-8-16(3)9-21(35-5)24(18)36-22/h8-10,14-15,19H,4,6-7,11-13H2,1-3,5H3,(H2,28,29,30). The van der Waals surface area contributed by atoms with E-state index in [1.54, 1.807) is 18.4 Å². The molecule has 4 heterocycles. The summed E-state index contributed by atoms with van der Waals surface area (Å²) in [5.41, 5.74) is 9.94. The molecule has 0 aliphatic carbocycles. The van der Waals surface area contributed by atoms with Crippen LogP contribution in [-0.2, 0) is 4.79 Å². The lowest BCUT2D eigenvalue weighted by Gasteiger charge is -2.40. The zero-order valence-corrected chi connectivity index (χ0v) is 22.1. The highest BCUT2D eigenvalue weighted by molar-refractivity contribution is 7.22. The van der Waals surface area contributed by atoms with Gasteiger partial charge in [0.2, 0.25) is 0 Å². The summed E-state index contributed by atoms with van der Waals surface area (Å²) in [5, 5.41) is 1.98. The van der Waals surface area contributed by atoms with Crippen LogP contribution in [0.2, 0.25) is 0 Å². The predicted molar refractivity (Wildman–Crippen MR) is 147 cm³/mol. The lowest BCUT2D eigenvalue weighted by Crippen LogP contribution is -2.51. The minimum atomic E-state index is 0.0240. The number of benzene rings is 1. The first-order valence-corrected chi connectivity index (χ1v) is 13.0. The van der Waals surface area contributed by atoms with Crippen molar-refractivity contribution in [2.75, 3.05) is 45.6 Å². The fourth-order valence-electron chi connectivity index (χ4n) is 4.93. The van der Waals surface area contributed by atoms with Gasteiger partial charge in [0.15, 0.2) is 0 Å². The third kappa shape index (κ3) is 4.12. The number of nitrogens with two attached hydrogens (primary N) is 1. The maximum atomic E-state index is 12.9. The summed E-state index contributed by atoms with van der Waals surface area (Å²) >= 11 is 1.67. The number of hydrogen-bond donors (Lipinski definition) is 1. The van der Waals surface area contributed by atoms with Crippen LogP contribution in [-0.4, -0.2) is 70.1 Å². The Labute approximate surface area is 215 Å². The Kier molecular flexibility index (Phi) is 6.44. The normalized spacial score (nSPS) is 14.1. The molecule has 36 heavy (non-hydrogen) atoms. The third-order valence-electron chi connectivity index (χ3n) is 7.00. The molecule has 0 radical (unpaired) electrons. The van der Waals surface area contributed by atoms with Gasteiger partial charge in [0, 0.05) is 41.8 Å². The first kappa shape index (κ1) is 24.3. The van der Waals surface area contributed by atoms with Crippen LogP contribution in [0.1, 0.15) is 25.5 Å². The summed E-state index contributed by atoms with van der Waals surface area (Å²) in [4.78, 5) is 26.9. The zero-order chi connectivity index (χ0) is 25.6. The molecule has 0 unspecified atom stereocenters. The van der Waals surface area contributed by atoms with E-state index in [2.05, 4.69) is 71.2 Å². The number of thiophene rings is 1. The number of carbonyl (C=O) groups excluding carboxylic acids is 1. The molecule has 188 valence electrons. The number of carbonyl (C=O) groups is 1. The molecule has 1 amide bonds. The van der Waals surface area contributed by atoms with Gasteiger partial charge in [-0.15, -0.1) is 11.3 Å². The number of aromatic nitrogens is 3. The summed E-state index contributed by atoms with van der Waals surface area (Å²) in [6.07, 6.45) is 3.61. The number of methoxy groups -OCH3 is 1. The zero-order valence-electron chi connectivity index (χ0n) is 21.2. The fraction of sp³-hybridized carbons (Fsp3) is 0.370. The minimum Gasteiger partial charge on any atom is -0.495 e. The van der Waals surface area contributed by atoms with Gasteiger partial charge in [0.25, 0.3) is 5.91 Å². The number of fused-ring (bicyclic) bond motifs is 2. The topological polar surface area (TPSA) is 89.5 Å². The van der Waals surface area contributed by atoms with E-state index in [0.717, 1.165) is 56.0 Å². The molecular weight excluding hydrogens is 472 g/mol. The first-order chi connectivity index (χ1) is 17.3. The van der Waals surface area contributed by atoms with E-state index in [9.17, 15) is 4.79 Å². The lowest BCUT2D eigenvalue weighted by molar-refractivity contribution is -0.132. The Balaban J connectivity index is 1.46. The molecule has 1 fully saturated rings. The van der Waals surface area contributed by atoms with Crippen molar-refractivity contribution in [2.24, 2.45) is 0 Å². The van der Waals surface area contributed by atoms with Crippen LogP contribution in [0, 0.1) is 6.92 Å². The highest BCUT2D eigenvalue weighted by atomic mass is 32.1. The maximum Gasteiger partial charge on any atom is 0.250 e. The van der Waals surface area contributed by atoms with Crippen molar-refractivity contribution in [3.63, 3.8) is 0 Å². The van der Waals surface area contributed by atoms with Crippen LogP contribution in [0.3, 0.4) is 0 Å². The van der Waals surface area contributed by atoms with Gasteiger partial charge in [-0.2, -0.15) is 0 Å². The average Bonchev–Trinajstić information content (AvgIpc) is 3.43. The largest absolute Gasteiger partial charge is 0.495 e. The summed E-state index contributed by atoms with van der Waals surface area (Å²) in [6.45, 7) is 13.9. The number of likely N-dealkylation sites (N-methyl/N-ethyl adjacent to an activating group) is 1. The Morgan fingerprint density at radius 1 is 1.25 bits per heavy atom. The number of aryl methyl sites for hydroxylation is 1. The quantitative estimate of drug-likeness (QED) is 0.356. The fourth-order valence-corrected chi connectivity index (χ4v) is 6.08. The Bertz CT molecular complexity index is 1460. The second-order valence-corrected chi connectivity index (χ2v) is 10.4. The van der Waals surface area contributed by atoms with Crippen LogP contribution in [0.5, 0.6) is 5.75 Å². The van der Waals surface area contributed by atoms with Gasteiger partial charge >= 0.3 is 0 Å². The second kappa shape index (κ2) is 9.55. The van der Waals surface area contributed by atoms with Gasteiger partial charge < -0.3 is 19.9 Å². The van der Waals surface area contributed by atoms with Crippen LogP contribution < -0.4 is 10.5 Å². The molecule has 0 atom stereocenters. The average molecular weight is 505 g/mol. The smallest absolute Gasteiger partial charge is 0.250 e. The summed E-state index contributed by atoms with van der Waals surface area (Å²) in [6, 6.07) is 6.51. The van der Waals surface area contributed by atoms with Gasteiger partial charge in [0.05, 0.1) is 23.2 Å². The van der Waals surface area contributed by atoms with Gasteiger partial charge in [-0.1, -0.05) is 26.5 Å². The van der Waals surface area contributed by atoms with E-state index >= 15 is 0 Å². The molecule has 0 saturated carbocycles. The highest BCUT2D eigenvalue weighted by Gasteiger charge is 2.35. The lowest BCUT2D eigenvalue weighted by atomic mass is 10.1. The van der Waals surface area contributed by atoms with Crippen LogP contribution in [0.4, 0.5) is 5.82 Å². The molecule has 0 bridgehead atoms. The van der Waals surface area contributed by atoms with E-state index in [0.29, 0.717) is 31.0 Å². The number of nitrogens with zero attached hydrogens (tertiary/aromatic N) is 5. The molecule has 0 spiro atoms. The first-order valence-electron chi connectivity index (χ1n) is 12.2.